The van der Waals surface area contributed by atoms with Crippen LogP contribution in [-0.4, -0.2) is 24.1 Å². The van der Waals surface area contributed by atoms with Crippen molar-refractivity contribution in [3.05, 3.63) is 87.9 Å². The van der Waals surface area contributed by atoms with Crippen molar-refractivity contribution in [2.75, 3.05) is 17.7 Å². The van der Waals surface area contributed by atoms with Crippen molar-refractivity contribution in [2.45, 2.75) is 39.0 Å². The van der Waals surface area contributed by atoms with Crippen molar-refractivity contribution in [3.63, 3.8) is 0 Å². The SMILES string of the molecule is COC(=O)c1sc(C(C)(C)C)cc1NC(=O)Nc1ccc(CCc2ccncc2)c2ccccc12. The summed E-state index contributed by atoms with van der Waals surface area (Å²) < 4.78 is 4.92. The van der Waals surface area contributed by atoms with Crippen LogP contribution in [0.3, 0.4) is 0 Å². The monoisotopic (exact) mass is 487 g/mol. The number of hydrogen-bond acceptors (Lipinski definition) is 5. The summed E-state index contributed by atoms with van der Waals surface area (Å²) in [6.45, 7) is 6.18. The summed E-state index contributed by atoms with van der Waals surface area (Å²) in [7, 11) is 1.34. The third-order valence-corrected chi connectivity index (χ3v) is 7.33. The highest BCUT2D eigenvalue weighted by Gasteiger charge is 2.24. The first-order valence-electron chi connectivity index (χ1n) is 11.5. The summed E-state index contributed by atoms with van der Waals surface area (Å²) in [4.78, 5) is 30.7. The number of methoxy groups -OCH3 is 1. The number of urea groups is 1. The number of anilines is 2. The molecule has 0 aliphatic carbocycles. The van der Waals surface area contributed by atoms with Gasteiger partial charge < -0.3 is 15.4 Å². The summed E-state index contributed by atoms with van der Waals surface area (Å²) in [6, 6.07) is 17.5. The molecule has 2 aromatic heterocycles. The summed E-state index contributed by atoms with van der Waals surface area (Å²) >= 11 is 1.33. The van der Waals surface area contributed by atoms with Crippen molar-refractivity contribution in [2.24, 2.45) is 0 Å². The van der Waals surface area contributed by atoms with E-state index in [0.29, 0.717) is 16.3 Å². The van der Waals surface area contributed by atoms with Gasteiger partial charge in [0.15, 0.2) is 0 Å². The van der Waals surface area contributed by atoms with Gasteiger partial charge in [-0.25, -0.2) is 9.59 Å². The van der Waals surface area contributed by atoms with E-state index in [1.54, 1.807) is 0 Å². The molecular weight excluding hydrogens is 458 g/mol. The van der Waals surface area contributed by atoms with E-state index in [4.69, 9.17) is 4.74 Å². The average molecular weight is 488 g/mol. The number of aryl methyl sites for hydroxylation is 2. The molecule has 0 radical (unpaired) electrons. The van der Waals surface area contributed by atoms with Crippen LogP contribution in [0.2, 0.25) is 0 Å². The molecular formula is C28H29N3O3S. The fourth-order valence-corrected chi connectivity index (χ4v) is 4.98. The molecule has 7 heteroatoms. The number of fused-ring (bicyclic) bond motifs is 1. The number of nitrogens with zero attached hydrogens (tertiary/aromatic N) is 1. The van der Waals surface area contributed by atoms with E-state index >= 15 is 0 Å². The number of esters is 1. The smallest absolute Gasteiger partial charge is 0.350 e. The lowest BCUT2D eigenvalue weighted by Gasteiger charge is -2.15. The number of carbonyl (C=O) groups excluding carboxylic acids is 2. The lowest BCUT2D eigenvalue weighted by molar-refractivity contribution is 0.0607. The molecule has 4 rings (SSSR count). The van der Waals surface area contributed by atoms with Crippen LogP contribution in [0.5, 0.6) is 0 Å². The lowest BCUT2D eigenvalue weighted by atomic mass is 9.94. The van der Waals surface area contributed by atoms with Crippen LogP contribution in [0.25, 0.3) is 10.8 Å². The number of aromatic nitrogens is 1. The van der Waals surface area contributed by atoms with Gasteiger partial charge in [0.05, 0.1) is 18.5 Å². The zero-order chi connectivity index (χ0) is 25.0. The second-order valence-corrected chi connectivity index (χ2v) is 10.4. The van der Waals surface area contributed by atoms with E-state index < -0.39 is 12.0 Å². The van der Waals surface area contributed by atoms with Crippen LogP contribution in [0, 0.1) is 0 Å². The zero-order valence-corrected chi connectivity index (χ0v) is 21.2. The van der Waals surface area contributed by atoms with Crippen molar-refractivity contribution in [1.29, 1.82) is 0 Å². The van der Waals surface area contributed by atoms with Gasteiger partial charge >= 0.3 is 12.0 Å². The molecule has 0 spiro atoms. The first-order chi connectivity index (χ1) is 16.8. The Balaban J connectivity index is 1.56. The van der Waals surface area contributed by atoms with Gasteiger partial charge in [0.1, 0.15) is 4.88 Å². The molecule has 6 nitrogen and oxygen atoms in total. The van der Waals surface area contributed by atoms with E-state index in [-0.39, 0.29) is 5.41 Å². The second-order valence-electron chi connectivity index (χ2n) is 9.35. The molecule has 2 aromatic carbocycles. The molecule has 0 atom stereocenters. The Labute approximate surface area is 209 Å². The molecule has 4 aromatic rings. The van der Waals surface area contributed by atoms with Crippen LogP contribution >= 0.6 is 11.3 Å². The Morgan fingerprint density at radius 2 is 1.60 bits per heavy atom. The molecule has 0 unspecified atom stereocenters. The number of ether oxygens (including phenoxy) is 1. The number of hydrogen-bond donors (Lipinski definition) is 2. The predicted molar refractivity (Wildman–Crippen MR) is 143 cm³/mol. The average Bonchev–Trinajstić information content (AvgIpc) is 3.28. The maximum absolute atomic E-state index is 13.0. The van der Waals surface area contributed by atoms with Crippen LogP contribution in [0.4, 0.5) is 16.2 Å². The van der Waals surface area contributed by atoms with Crippen molar-refractivity contribution in [1.82, 2.24) is 4.98 Å². The fourth-order valence-electron chi connectivity index (χ4n) is 3.89. The molecule has 0 aliphatic heterocycles. The Hall–Kier alpha value is -3.71. The van der Waals surface area contributed by atoms with Gasteiger partial charge in [0, 0.05) is 22.7 Å². The van der Waals surface area contributed by atoms with Gasteiger partial charge in [0.25, 0.3) is 0 Å². The Bertz CT molecular complexity index is 1360. The summed E-state index contributed by atoms with van der Waals surface area (Å²) in [5.41, 5.74) is 3.44. The molecule has 180 valence electrons. The molecule has 2 amide bonds. The summed E-state index contributed by atoms with van der Waals surface area (Å²) in [5.74, 6) is -0.468. The first kappa shape index (κ1) is 24.4. The normalized spacial score (nSPS) is 11.3. The van der Waals surface area contributed by atoms with Gasteiger partial charge in [-0.15, -0.1) is 11.3 Å². The van der Waals surface area contributed by atoms with Crippen LogP contribution < -0.4 is 10.6 Å². The minimum absolute atomic E-state index is 0.161. The molecule has 0 bridgehead atoms. The van der Waals surface area contributed by atoms with E-state index in [9.17, 15) is 9.59 Å². The van der Waals surface area contributed by atoms with Crippen LogP contribution in [0.1, 0.15) is 46.4 Å². The fraction of sp³-hybridized carbons (Fsp3) is 0.250. The number of carbonyl (C=O) groups is 2. The summed E-state index contributed by atoms with van der Waals surface area (Å²) in [5, 5.41) is 7.87. The molecule has 0 saturated carbocycles. The largest absolute Gasteiger partial charge is 0.465 e. The van der Waals surface area contributed by atoms with Gasteiger partial charge in [-0.3, -0.25) is 4.98 Å². The van der Waals surface area contributed by atoms with Crippen molar-refractivity contribution >= 4 is 45.5 Å². The van der Waals surface area contributed by atoms with Gasteiger partial charge in [-0.2, -0.15) is 0 Å². The molecule has 0 aliphatic rings. The van der Waals surface area contributed by atoms with Crippen LogP contribution in [0.15, 0.2) is 67.0 Å². The Morgan fingerprint density at radius 1 is 0.914 bits per heavy atom. The number of nitrogens with one attached hydrogen (secondary N) is 2. The van der Waals surface area contributed by atoms with E-state index in [1.807, 2.05) is 54.9 Å². The van der Waals surface area contributed by atoms with E-state index in [1.165, 1.54) is 29.6 Å². The number of amides is 2. The molecule has 0 fully saturated rings. The summed E-state index contributed by atoms with van der Waals surface area (Å²) in [6.07, 6.45) is 5.40. The van der Waals surface area contributed by atoms with E-state index in [2.05, 4.69) is 48.5 Å². The highest BCUT2D eigenvalue weighted by Crippen LogP contribution is 2.36. The van der Waals surface area contributed by atoms with Crippen LogP contribution in [-0.2, 0) is 23.0 Å². The van der Waals surface area contributed by atoms with Crippen molar-refractivity contribution in [3.8, 4) is 0 Å². The lowest BCUT2D eigenvalue weighted by Crippen LogP contribution is -2.20. The molecule has 2 N–H and O–H groups in total. The van der Waals surface area contributed by atoms with Gasteiger partial charge in [-0.1, -0.05) is 51.1 Å². The third-order valence-electron chi connectivity index (χ3n) is 5.79. The second kappa shape index (κ2) is 10.3. The minimum atomic E-state index is -0.468. The topological polar surface area (TPSA) is 80.3 Å². The molecule has 2 heterocycles. The maximum atomic E-state index is 13.0. The van der Waals surface area contributed by atoms with Crippen molar-refractivity contribution < 1.29 is 14.3 Å². The Kier molecular flexibility index (Phi) is 7.17. The first-order valence-corrected chi connectivity index (χ1v) is 12.3. The number of rotatable bonds is 6. The quantitative estimate of drug-likeness (QED) is 0.293. The third kappa shape index (κ3) is 5.69. The maximum Gasteiger partial charge on any atom is 0.350 e. The predicted octanol–water partition coefficient (Wildman–Crippen LogP) is 6.81. The highest BCUT2D eigenvalue weighted by atomic mass is 32.1. The van der Waals surface area contributed by atoms with Gasteiger partial charge in [0.2, 0.25) is 0 Å². The number of benzene rings is 2. The Morgan fingerprint density at radius 3 is 2.29 bits per heavy atom. The highest BCUT2D eigenvalue weighted by molar-refractivity contribution is 7.14. The number of pyridine rings is 1. The van der Waals surface area contributed by atoms with E-state index in [0.717, 1.165) is 28.5 Å². The molecule has 0 saturated heterocycles. The minimum Gasteiger partial charge on any atom is -0.465 e. The standard InChI is InChI=1S/C28H29N3O3S/c1-28(2,3)24-17-23(25(35-24)26(32)34-4)31-27(33)30-22-12-11-19(20-7-5-6-8-21(20)22)10-9-18-13-15-29-16-14-18/h5-8,11-17H,9-10H2,1-4H3,(H2,30,31,33). The zero-order valence-electron chi connectivity index (χ0n) is 20.3. The number of thiophene rings is 1. The molecule has 35 heavy (non-hydrogen) atoms. The van der Waals surface area contributed by atoms with Gasteiger partial charge in [-0.05, 0) is 59.0 Å².